The van der Waals surface area contributed by atoms with Crippen LogP contribution in [0.15, 0.2) is 82.6 Å². The number of carboxylic acid groups (broad SMARTS) is 1. The summed E-state index contributed by atoms with van der Waals surface area (Å²) in [6.45, 7) is -0.591. The molecule has 3 aromatic carbocycles. The van der Waals surface area contributed by atoms with Gasteiger partial charge in [-0.2, -0.15) is 0 Å². The van der Waals surface area contributed by atoms with Crippen molar-refractivity contribution in [1.82, 2.24) is 5.32 Å². The number of benzene rings is 3. The van der Waals surface area contributed by atoms with Crippen LogP contribution < -0.4 is 44.7 Å². The van der Waals surface area contributed by atoms with Crippen molar-refractivity contribution in [2.45, 2.75) is 28.4 Å². The number of hydrogen-bond acceptors (Lipinski definition) is 8. The molecule has 8 nitrogen and oxygen atoms in total. The van der Waals surface area contributed by atoms with Gasteiger partial charge in [0, 0.05) is 17.6 Å². The topological polar surface area (TPSA) is 136 Å². The second-order valence-corrected chi connectivity index (χ2v) is 10.2. The number of hydrogen-bond donors (Lipinski definition) is 3. The van der Waals surface area contributed by atoms with Crippen LogP contribution in [0.4, 0.5) is 0 Å². The average molecular weight is 542 g/mol. The van der Waals surface area contributed by atoms with Gasteiger partial charge >= 0.3 is 29.6 Å². The molecule has 3 rings (SSSR count). The van der Waals surface area contributed by atoms with Gasteiger partial charge in [-0.05, 0) is 66.1 Å². The Hall–Kier alpha value is -1.95. The Morgan fingerprint density at radius 1 is 1.03 bits per heavy atom. The number of rotatable bonds is 12. The van der Waals surface area contributed by atoms with Crippen LogP contribution in [-0.4, -0.2) is 50.4 Å². The van der Waals surface area contributed by atoms with E-state index in [4.69, 9.17) is 16.3 Å². The zero-order valence-corrected chi connectivity index (χ0v) is 23.2. The minimum Gasteiger partial charge on any atom is -0.546 e. The number of aliphatic carboxylic acids is 1. The molecule has 0 saturated heterocycles. The normalized spacial score (nSPS) is 12.9. The van der Waals surface area contributed by atoms with Crippen molar-refractivity contribution in [2.24, 2.45) is 0 Å². The fraction of sp³-hybridized carbons (Fsp3) is 0.240. The van der Waals surface area contributed by atoms with Gasteiger partial charge in [-0.25, -0.2) is 8.42 Å². The first-order valence-corrected chi connectivity index (χ1v) is 12.6. The van der Waals surface area contributed by atoms with Gasteiger partial charge in [-0.15, -0.1) is 0 Å². The third-order valence-electron chi connectivity index (χ3n) is 5.26. The van der Waals surface area contributed by atoms with Crippen molar-refractivity contribution in [2.75, 3.05) is 19.8 Å². The van der Waals surface area contributed by atoms with Crippen molar-refractivity contribution in [1.29, 1.82) is 0 Å². The fourth-order valence-electron chi connectivity index (χ4n) is 3.39. The van der Waals surface area contributed by atoms with Crippen LogP contribution in [0.2, 0.25) is 5.02 Å². The van der Waals surface area contributed by atoms with E-state index in [1.807, 2.05) is 0 Å². The summed E-state index contributed by atoms with van der Waals surface area (Å²) in [5, 5.41) is 34.2. The first-order valence-electron chi connectivity index (χ1n) is 10.7. The SMILES string of the molecule is O=C([O-])COc1ccc(S(=O)(=O)c2ccc(C[C@@H](CO)NC[C@H](O)c3cccc(Cl)c3)cc2)cc1.[Na+]. The molecule has 3 N–H and O–H groups in total. The Kier molecular flexibility index (Phi) is 11.9. The molecular weight excluding hydrogens is 517 g/mol. The standard InChI is InChI=1S/C25H26ClNO7S.Na/c26-19-3-1-2-18(13-19)24(29)14-27-20(15-28)12-17-4-8-22(9-5-17)35(32,33)23-10-6-21(7-11-23)34-16-25(30)31;/h1-11,13,20,24,27-29H,12,14-16H2,(H,30,31);/q;+1/p-1/t20-,24-;/m0./s1. The van der Waals surface area contributed by atoms with Crippen molar-refractivity contribution >= 4 is 27.4 Å². The predicted molar refractivity (Wildman–Crippen MR) is 128 cm³/mol. The molecule has 0 aliphatic carbocycles. The second-order valence-electron chi connectivity index (χ2n) is 7.84. The van der Waals surface area contributed by atoms with Crippen LogP contribution in [0.1, 0.15) is 17.2 Å². The van der Waals surface area contributed by atoms with Gasteiger partial charge in [0.1, 0.15) is 12.4 Å². The molecule has 2 atom stereocenters. The maximum Gasteiger partial charge on any atom is 1.00 e. The summed E-state index contributed by atoms with van der Waals surface area (Å²) in [5.74, 6) is -1.16. The van der Waals surface area contributed by atoms with E-state index in [2.05, 4.69) is 5.32 Å². The van der Waals surface area contributed by atoms with Crippen molar-refractivity contribution < 1.29 is 62.8 Å². The number of aliphatic hydroxyl groups excluding tert-OH is 2. The van der Waals surface area contributed by atoms with Gasteiger partial charge in [0.05, 0.1) is 28.5 Å². The molecule has 11 heteroatoms. The van der Waals surface area contributed by atoms with E-state index in [0.29, 0.717) is 17.0 Å². The summed E-state index contributed by atoms with van der Waals surface area (Å²) in [7, 11) is -3.79. The van der Waals surface area contributed by atoms with Crippen molar-refractivity contribution in [3.8, 4) is 5.75 Å². The first-order chi connectivity index (χ1) is 16.7. The number of carbonyl (C=O) groups excluding carboxylic acids is 1. The largest absolute Gasteiger partial charge is 1.00 e. The van der Waals surface area contributed by atoms with Crippen LogP contribution in [-0.2, 0) is 21.1 Å². The molecule has 0 fully saturated rings. The fourth-order valence-corrected chi connectivity index (χ4v) is 4.85. The minimum absolute atomic E-state index is 0. The molecule has 36 heavy (non-hydrogen) atoms. The molecule has 0 aliphatic rings. The molecule has 0 heterocycles. The summed E-state index contributed by atoms with van der Waals surface area (Å²) < 4.78 is 30.8. The zero-order chi connectivity index (χ0) is 25.4. The number of ether oxygens (including phenoxy) is 1. The van der Waals surface area contributed by atoms with E-state index < -0.39 is 28.5 Å². The van der Waals surface area contributed by atoms with E-state index in [9.17, 15) is 28.5 Å². The quantitative estimate of drug-likeness (QED) is 0.237. The Balaban J connectivity index is 0.00000456. The molecular formula is C25H25ClNNaO7S. The van der Waals surface area contributed by atoms with Crippen LogP contribution in [0.5, 0.6) is 5.75 Å². The number of carbonyl (C=O) groups is 1. The van der Waals surface area contributed by atoms with Gasteiger partial charge in [0.2, 0.25) is 9.84 Å². The van der Waals surface area contributed by atoms with Gasteiger partial charge in [-0.3, -0.25) is 0 Å². The molecule has 0 saturated carbocycles. The third-order valence-corrected chi connectivity index (χ3v) is 7.28. The second kappa shape index (κ2) is 14.1. The smallest absolute Gasteiger partial charge is 0.546 e. The monoisotopic (exact) mass is 541 g/mol. The molecule has 0 aromatic heterocycles. The molecule has 0 amide bonds. The van der Waals surface area contributed by atoms with Gasteiger partial charge in [0.25, 0.3) is 0 Å². The zero-order valence-electron chi connectivity index (χ0n) is 19.6. The number of aliphatic hydroxyl groups is 2. The minimum atomic E-state index is -3.79. The number of halogens is 1. The van der Waals surface area contributed by atoms with E-state index in [1.165, 1.54) is 36.4 Å². The Labute approximate surface area is 237 Å². The van der Waals surface area contributed by atoms with E-state index in [0.717, 1.165) is 5.56 Å². The van der Waals surface area contributed by atoms with Gasteiger partial charge in [0.15, 0.2) is 0 Å². The van der Waals surface area contributed by atoms with E-state index in [1.54, 1.807) is 36.4 Å². The molecule has 0 spiro atoms. The molecule has 0 aliphatic heterocycles. The summed E-state index contributed by atoms with van der Waals surface area (Å²) in [6.07, 6.45) is -0.378. The number of sulfone groups is 1. The summed E-state index contributed by atoms with van der Waals surface area (Å²) in [4.78, 5) is 10.6. The van der Waals surface area contributed by atoms with Gasteiger partial charge in [-0.1, -0.05) is 35.9 Å². The van der Waals surface area contributed by atoms with Crippen LogP contribution in [0.25, 0.3) is 0 Å². The van der Waals surface area contributed by atoms with Crippen molar-refractivity contribution in [3.63, 3.8) is 0 Å². The van der Waals surface area contributed by atoms with Crippen LogP contribution in [0.3, 0.4) is 0 Å². The van der Waals surface area contributed by atoms with Crippen molar-refractivity contribution in [3.05, 3.63) is 88.9 Å². The summed E-state index contributed by atoms with van der Waals surface area (Å²) in [6, 6.07) is 18.3. The predicted octanol–water partition coefficient (Wildman–Crippen LogP) is -1.47. The summed E-state index contributed by atoms with van der Waals surface area (Å²) >= 11 is 5.96. The van der Waals surface area contributed by atoms with E-state index in [-0.39, 0.29) is 64.3 Å². The Bertz CT molecular complexity index is 1240. The Morgan fingerprint density at radius 2 is 1.64 bits per heavy atom. The Morgan fingerprint density at radius 3 is 2.19 bits per heavy atom. The maximum atomic E-state index is 12.9. The molecule has 0 bridgehead atoms. The number of carboxylic acids is 1. The maximum absolute atomic E-state index is 12.9. The van der Waals surface area contributed by atoms with Crippen LogP contribution >= 0.6 is 11.6 Å². The van der Waals surface area contributed by atoms with Gasteiger partial charge < -0.3 is 30.2 Å². The van der Waals surface area contributed by atoms with Crippen LogP contribution in [0, 0.1) is 0 Å². The number of nitrogens with one attached hydrogen (secondary N) is 1. The first kappa shape index (κ1) is 30.3. The molecule has 3 aromatic rings. The third kappa shape index (κ3) is 8.57. The average Bonchev–Trinajstić information content (AvgIpc) is 2.85. The van der Waals surface area contributed by atoms with E-state index >= 15 is 0 Å². The molecule has 0 unspecified atom stereocenters. The summed E-state index contributed by atoms with van der Waals surface area (Å²) in [5.41, 5.74) is 1.47. The molecule has 186 valence electrons. The molecule has 0 radical (unpaired) electrons.